The Bertz CT molecular complexity index is 924. The number of rotatable bonds is 5. The van der Waals surface area contributed by atoms with Crippen molar-refractivity contribution in [2.45, 2.75) is 39.0 Å². The molecule has 0 bridgehead atoms. The van der Waals surface area contributed by atoms with Crippen molar-refractivity contribution in [1.29, 1.82) is 0 Å². The summed E-state index contributed by atoms with van der Waals surface area (Å²) in [6.45, 7) is 2.57. The second-order valence-corrected chi connectivity index (χ2v) is 7.29. The van der Waals surface area contributed by atoms with Crippen LogP contribution in [0.15, 0.2) is 24.3 Å². The fourth-order valence-electron chi connectivity index (χ4n) is 3.51. The average molecular weight is 356 g/mol. The van der Waals surface area contributed by atoms with E-state index in [1.165, 1.54) is 17.0 Å². The quantitative estimate of drug-likeness (QED) is 0.751. The minimum Gasteiger partial charge on any atom is -0.494 e. The number of fused-ring (bicyclic) bond motifs is 3. The molecule has 2 aromatic heterocycles. The maximum absolute atomic E-state index is 11.5. The van der Waals surface area contributed by atoms with Crippen LogP contribution in [0.3, 0.4) is 0 Å². The molecule has 6 heteroatoms. The first kappa shape index (κ1) is 16.1. The van der Waals surface area contributed by atoms with Crippen LogP contribution in [0.2, 0.25) is 0 Å². The zero-order chi connectivity index (χ0) is 17.4. The molecule has 0 atom stereocenters. The molecular formula is C19H20N2O3S. The van der Waals surface area contributed by atoms with Gasteiger partial charge in [0.1, 0.15) is 5.75 Å². The molecule has 0 fully saturated rings. The van der Waals surface area contributed by atoms with E-state index >= 15 is 0 Å². The van der Waals surface area contributed by atoms with Gasteiger partial charge in [0.05, 0.1) is 24.4 Å². The summed E-state index contributed by atoms with van der Waals surface area (Å²) >= 11 is 1.70. The lowest BCUT2D eigenvalue weighted by Gasteiger charge is -2.12. The van der Waals surface area contributed by atoms with Gasteiger partial charge >= 0.3 is 5.97 Å². The number of hydrogen-bond acceptors (Lipinski definition) is 4. The van der Waals surface area contributed by atoms with Gasteiger partial charge in [-0.25, -0.2) is 4.98 Å². The summed E-state index contributed by atoms with van der Waals surface area (Å²) in [7, 11) is 0. The zero-order valence-corrected chi connectivity index (χ0v) is 14.9. The van der Waals surface area contributed by atoms with Crippen LogP contribution in [0.25, 0.3) is 16.2 Å². The van der Waals surface area contributed by atoms with Crippen molar-refractivity contribution in [2.24, 2.45) is 0 Å². The predicted octanol–water partition coefficient (Wildman–Crippen LogP) is 3.97. The van der Waals surface area contributed by atoms with Gasteiger partial charge in [0.15, 0.2) is 4.96 Å². The number of aryl methyl sites for hydroxylation is 2. The second-order valence-electron chi connectivity index (χ2n) is 6.23. The summed E-state index contributed by atoms with van der Waals surface area (Å²) in [5.74, 6) is -0.0193. The maximum Gasteiger partial charge on any atom is 0.309 e. The van der Waals surface area contributed by atoms with E-state index in [0.29, 0.717) is 6.61 Å². The van der Waals surface area contributed by atoms with Crippen molar-refractivity contribution in [3.05, 3.63) is 40.5 Å². The molecule has 0 unspecified atom stereocenters. The molecular weight excluding hydrogens is 336 g/mol. The Balaban J connectivity index is 1.85. The molecule has 0 saturated carbocycles. The van der Waals surface area contributed by atoms with Crippen LogP contribution in [0.4, 0.5) is 0 Å². The minimum absolute atomic E-state index is 0.0209. The predicted molar refractivity (Wildman–Crippen MR) is 97.7 cm³/mol. The zero-order valence-electron chi connectivity index (χ0n) is 14.1. The monoisotopic (exact) mass is 356 g/mol. The van der Waals surface area contributed by atoms with Crippen LogP contribution in [0.1, 0.15) is 36.0 Å². The maximum atomic E-state index is 11.5. The lowest BCUT2D eigenvalue weighted by molar-refractivity contribution is -0.136. The number of ether oxygens (including phenoxy) is 1. The number of nitrogens with zero attached hydrogens (tertiary/aromatic N) is 2. The Morgan fingerprint density at radius 1 is 1.28 bits per heavy atom. The fraction of sp³-hybridized carbons (Fsp3) is 0.368. The summed E-state index contributed by atoms with van der Waals surface area (Å²) in [5.41, 5.74) is 3.74. The van der Waals surface area contributed by atoms with Gasteiger partial charge in [-0.2, -0.15) is 0 Å². The highest BCUT2D eigenvalue weighted by atomic mass is 32.1. The first-order valence-electron chi connectivity index (χ1n) is 8.64. The average Bonchev–Trinajstić information content (AvgIpc) is 3.12. The van der Waals surface area contributed by atoms with Gasteiger partial charge in [0.2, 0.25) is 0 Å². The van der Waals surface area contributed by atoms with Crippen LogP contribution < -0.4 is 4.74 Å². The molecule has 5 nitrogen and oxygen atoms in total. The standard InChI is InChI=1S/C19H20N2O3S/c1-2-24-13-9-7-12(8-10-13)18-15(11-17(22)23)21-14-5-3-4-6-16(14)25-19(21)20-18/h7-10H,2-6,11H2,1H3,(H,22,23). The summed E-state index contributed by atoms with van der Waals surface area (Å²) in [5, 5.41) is 9.41. The van der Waals surface area contributed by atoms with Crippen molar-refractivity contribution in [1.82, 2.24) is 9.38 Å². The second kappa shape index (κ2) is 6.52. The molecule has 0 amide bonds. The van der Waals surface area contributed by atoms with Crippen molar-refractivity contribution >= 4 is 22.3 Å². The van der Waals surface area contributed by atoms with E-state index in [2.05, 4.69) is 4.40 Å². The minimum atomic E-state index is -0.829. The highest BCUT2D eigenvalue weighted by molar-refractivity contribution is 7.17. The lowest BCUT2D eigenvalue weighted by Crippen LogP contribution is -2.09. The summed E-state index contributed by atoms with van der Waals surface area (Å²) in [6, 6.07) is 7.73. The van der Waals surface area contributed by atoms with Gasteiger partial charge in [0, 0.05) is 16.1 Å². The number of carbonyl (C=O) groups is 1. The van der Waals surface area contributed by atoms with E-state index < -0.39 is 5.97 Å². The molecule has 1 aromatic carbocycles. The smallest absolute Gasteiger partial charge is 0.309 e. The Kier molecular flexibility index (Phi) is 4.21. The summed E-state index contributed by atoms with van der Waals surface area (Å²) < 4.78 is 7.59. The van der Waals surface area contributed by atoms with Crippen molar-refractivity contribution in [3.8, 4) is 17.0 Å². The van der Waals surface area contributed by atoms with E-state index in [1.54, 1.807) is 11.3 Å². The Morgan fingerprint density at radius 3 is 2.76 bits per heavy atom. The molecule has 130 valence electrons. The van der Waals surface area contributed by atoms with Gasteiger partial charge in [-0.15, -0.1) is 11.3 Å². The Morgan fingerprint density at radius 2 is 2.04 bits per heavy atom. The van der Waals surface area contributed by atoms with Crippen LogP contribution in [-0.2, 0) is 24.1 Å². The van der Waals surface area contributed by atoms with Crippen LogP contribution >= 0.6 is 11.3 Å². The van der Waals surface area contributed by atoms with Crippen LogP contribution in [0, 0.1) is 0 Å². The van der Waals surface area contributed by atoms with Crippen LogP contribution in [0.5, 0.6) is 5.75 Å². The van der Waals surface area contributed by atoms with E-state index in [0.717, 1.165) is 46.9 Å². The van der Waals surface area contributed by atoms with Gasteiger partial charge in [0.25, 0.3) is 0 Å². The SMILES string of the molecule is CCOc1ccc(-c2nc3sc4c(n3c2CC(=O)O)CCCC4)cc1. The van der Waals surface area contributed by atoms with E-state index in [-0.39, 0.29) is 6.42 Å². The number of hydrogen-bond donors (Lipinski definition) is 1. The van der Waals surface area contributed by atoms with Crippen molar-refractivity contribution < 1.29 is 14.6 Å². The summed E-state index contributed by atoms with van der Waals surface area (Å²) in [6.07, 6.45) is 4.42. The highest BCUT2D eigenvalue weighted by Crippen LogP contribution is 2.35. The van der Waals surface area contributed by atoms with Gasteiger partial charge < -0.3 is 9.84 Å². The molecule has 0 saturated heterocycles. The van der Waals surface area contributed by atoms with Gasteiger partial charge in [-0.1, -0.05) is 0 Å². The molecule has 1 aliphatic rings. The van der Waals surface area contributed by atoms with E-state index in [4.69, 9.17) is 9.72 Å². The number of thiazole rings is 1. The molecule has 0 spiro atoms. The molecule has 3 aromatic rings. The lowest BCUT2D eigenvalue weighted by atomic mass is 10.0. The molecule has 2 heterocycles. The first-order valence-corrected chi connectivity index (χ1v) is 9.46. The number of carboxylic acid groups (broad SMARTS) is 1. The normalized spacial score (nSPS) is 13.8. The van der Waals surface area contributed by atoms with Crippen LogP contribution in [-0.4, -0.2) is 27.1 Å². The molecule has 1 aliphatic carbocycles. The van der Waals surface area contributed by atoms with E-state index in [1.807, 2.05) is 31.2 Å². The van der Waals surface area contributed by atoms with Crippen molar-refractivity contribution in [2.75, 3.05) is 6.61 Å². The Hall–Kier alpha value is -2.34. The fourth-order valence-corrected chi connectivity index (χ4v) is 4.74. The molecule has 25 heavy (non-hydrogen) atoms. The number of carboxylic acids is 1. The number of benzene rings is 1. The van der Waals surface area contributed by atoms with Crippen molar-refractivity contribution in [3.63, 3.8) is 0 Å². The largest absolute Gasteiger partial charge is 0.494 e. The molecule has 1 N–H and O–H groups in total. The molecule has 0 aliphatic heterocycles. The molecule has 4 rings (SSSR count). The highest BCUT2D eigenvalue weighted by Gasteiger charge is 2.24. The topological polar surface area (TPSA) is 63.8 Å². The number of aromatic nitrogens is 2. The Labute approximate surface area is 149 Å². The first-order chi connectivity index (χ1) is 12.2. The number of imidazole rings is 1. The van der Waals surface area contributed by atoms with Gasteiger partial charge in [-0.05, 0) is 56.9 Å². The molecule has 0 radical (unpaired) electrons. The summed E-state index contributed by atoms with van der Waals surface area (Å²) in [4.78, 5) is 18.5. The number of aliphatic carboxylic acids is 1. The third-order valence-corrected chi connectivity index (χ3v) is 5.72. The van der Waals surface area contributed by atoms with E-state index in [9.17, 15) is 9.90 Å². The third kappa shape index (κ3) is 2.91. The third-order valence-electron chi connectivity index (χ3n) is 4.57. The van der Waals surface area contributed by atoms with Gasteiger partial charge in [-0.3, -0.25) is 9.20 Å².